The van der Waals surface area contributed by atoms with Crippen molar-refractivity contribution in [1.82, 2.24) is 0 Å². The van der Waals surface area contributed by atoms with Gasteiger partial charge in [-0.3, -0.25) is 0 Å². The van der Waals surface area contributed by atoms with Gasteiger partial charge in [-0.1, -0.05) is 49.2 Å². The minimum atomic E-state index is -0.623. The van der Waals surface area contributed by atoms with Crippen LogP contribution in [0, 0.1) is 11.3 Å². The lowest BCUT2D eigenvalue weighted by atomic mass is 9.83. The Kier molecular flexibility index (Phi) is 8.62. The zero-order valence-corrected chi connectivity index (χ0v) is 21.8. The van der Waals surface area contributed by atoms with Crippen LogP contribution in [-0.2, 0) is 4.79 Å². The number of esters is 1. The SMILES string of the molecule is CCCCOc1ccc(C2C(C#N)=C(N)Oc3cc(OC(=O)COc4ccccc4Cl)ccc32)cc1OC. The third-order valence-corrected chi connectivity index (χ3v) is 6.19. The van der Waals surface area contributed by atoms with Crippen LogP contribution in [-0.4, -0.2) is 26.3 Å². The number of hydrogen-bond donors (Lipinski definition) is 1. The molecule has 1 atom stereocenters. The first kappa shape index (κ1) is 26.7. The Morgan fingerprint density at radius 1 is 1.08 bits per heavy atom. The van der Waals surface area contributed by atoms with Crippen LogP contribution < -0.4 is 29.4 Å². The van der Waals surface area contributed by atoms with E-state index >= 15 is 0 Å². The second kappa shape index (κ2) is 12.3. The molecule has 0 amide bonds. The topological polar surface area (TPSA) is 113 Å². The number of methoxy groups -OCH3 is 1. The summed E-state index contributed by atoms with van der Waals surface area (Å²) in [5, 5.41) is 10.3. The first-order chi connectivity index (χ1) is 18.4. The van der Waals surface area contributed by atoms with Crippen molar-refractivity contribution in [1.29, 1.82) is 5.26 Å². The van der Waals surface area contributed by atoms with Crippen molar-refractivity contribution < 1.29 is 28.5 Å². The van der Waals surface area contributed by atoms with E-state index in [0.29, 0.717) is 40.2 Å². The lowest BCUT2D eigenvalue weighted by Crippen LogP contribution is -2.22. The van der Waals surface area contributed by atoms with Crippen molar-refractivity contribution in [3.05, 3.63) is 88.3 Å². The third kappa shape index (κ3) is 5.96. The Hall–Kier alpha value is -4.35. The standard InChI is InChI=1S/C29H27ClN2O6/c1-3-4-13-35-24-12-9-18(14-26(24)34-2)28-20-11-10-19(15-25(20)38-29(32)21(28)16-31)37-27(33)17-36-23-8-6-5-7-22(23)30/h5-12,14-15,28H,3-4,13,17,32H2,1-2H3. The van der Waals surface area contributed by atoms with Gasteiger partial charge in [0.2, 0.25) is 5.88 Å². The average molecular weight is 535 g/mol. The number of para-hydroxylation sites is 1. The molecule has 0 aliphatic carbocycles. The maximum Gasteiger partial charge on any atom is 0.349 e. The normalized spacial score (nSPS) is 14.1. The summed E-state index contributed by atoms with van der Waals surface area (Å²) in [6.45, 7) is 2.33. The number of nitriles is 1. The number of allylic oxidation sites excluding steroid dienone is 1. The van der Waals surface area contributed by atoms with Crippen molar-refractivity contribution in [2.45, 2.75) is 25.7 Å². The quantitative estimate of drug-likeness (QED) is 0.199. The number of rotatable bonds is 10. The van der Waals surface area contributed by atoms with Gasteiger partial charge in [0.15, 0.2) is 18.1 Å². The molecule has 0 spiro atoms. The van der Waals surface area contributed by atoms with Gasteiger partial charge in [0.25, 0.3) is 0 Å². The Morgan fingerprint density at radius 3 is 2.63 bits per heavy atom. The van der Waals surface area contributed by atoms with Crippen molar-refractivity contribution in [3.8, 4) is 34.8 Å². The van der Waals surface area contributed by atoms with Gasteiger partial charge in [0.05, 0.1) is 24.7 Å². The Bertz CT molecular complexity index is 1400. The molecule has 0 bridgehead atoms. The minimum absolute atomic E-state index is 0.0298. The minimum Gasteiger partial charge on any atom is -0.493 e. The maximum atomic E-state index is 12.4. The molecule has 1 aliphatic heterocycles. The fraction of sp³-hybridized carbons (Fsp3) is 0.241. The molecule has 1 aliphatic rings. The van der Waals surface area contributed by atoms with E-state index in [9.17, 15) is 10.1 Å². The van der Waals surface area contributed by atoms with Crippen molar-refractivity contribution in [3.63, 3.8) is 0 Å². The number of ether oxygens (including phenoxy) is 5. The molecule has 0 fully saturated rings. The zero-order valence-electron chi connectivity index (χ0n) is 21.0. The molecule has 1 heterocycles. The van der Waals surface area contributed by atoms with E-state index in [4.69, 9.17) is 41.0 Å². The first-order valence-corrected chi connectivity index (χ1v) is 12.4. The molecule has 0 saturated carbocycles. The molecular weight excluding hydrogens is 508 g/mol. The van der Waals surface area contributed by atoms with Gasteiger partial charge >= 0.3 is 5.97 Å². The van der Waals surface area contributed by atoms with Crippen LogP contribution in [0.3, 0.4) is 0 Å². The summed E-state index contributed by atoms with van der Waals surface area (Å²) < 4.78 is 28.0. The molecule has 2 N–H and O–H groups in total. The lowest BCUT2D eigenvalue weighted by Gasteiger charge is -2.27. The number of halogens is 1. The molecule has 196 valence electrons. The van der Waals surface area contributed by atoms with E-state index in [1.807, 2.05) is 18.2 Å². The van der Waals surface area contributed by atoms with Crippen LogP contribution >= 0.6 is 11.6 Å². The van der Waals surface area contributed by atoms with Crippen molar-refractivity contribution in [2.24, 2.45) is 5.73 Å². The number of benzene rings is 3. The second-order valence-corrected chi connectivity index (χ2v) is 8.84. The predicted octanol–water partition coefficient (Wildman–Crippen LogP) is 5.73. The van der Waals surface area contributed by atoms with Crippen LogP contribution in [0.1, 0.15) is 36.8 Å². The fourth-order valence-corrected chi connectivity index (χ4v) is 4.20. The summed E-state index contributed by atoms with van der Waals surface area (Å²) in [5.41, 5.74) is 7.85. The van der Waals surface area contributed by atoms with Crippen molar-refractivity contribution >= 4 is 17.6 Å². The molecule has 38 heavy (non-hydrogen) atoms. The number of fused-ring (bicyclic) bond motifs is 1. The highest BCUT2D eigenvalue weighted by Crippen LogP contribution is 2.45. The van der Waals surface area contributed by atoms with Crippen LogP contribution in [0.5, 0.6) is 28.7 Å². The number of unbranched alkanes of at least 4 members (excludes halogenated alkanes) is 1. The second-order valence-electron chi connectivity index (χ2n) is 8.43. The molecule has 0 radical (unpaired) electrons. The predicted molar refractivity (Wildman–Crippen MR) is 142 cm³/mol. The van der Waals surface area contributed by atoms with Crippen LogP contribution in [0.15, 0.2) is 72.1 Å². The zero-order chi connectivity index (χ0) is 27.1. The molecule has 0 saturated heterocycles. The smallest absolute Gasteiger partial charge is 0.349 e. The highest BCUT2D eigenvalue weighted by Gasteiger charge is 2.31. The highest BCUT2D eigenvalue weighted by molar-refractivity contribution is 6.32. The Balaban J connectivity index is 1.56. The van der Waals surface area contributed by atoms with Crippen molar-refractivity contribution in [2.75, 3.05) is 20.3 Å². The lowest BCUT2D eigenvalue weighted by molar-refractivity contribution is -0.136. The number of nitrogens with zero attached hydrogens (tertiary/aromatic N) is 1. The van der Waals surface area contributed by atoms with Gasteiger partial charge in [-0.25, -0.2) is 4.79 Å². The van der Waals surface area contributed by atoms with E-state index in [2.05, 4.69) is 13.0 Å². The maximum absolute atomic E-state index is 12.4. The molecule has 3 aromatic carbocycles. The van der Waals surface area contributed by atoms with Gasteiger partial charge in [-0.2, -0.15) is 5.26 Å². The van der Waals surface area contributed by atoms with E-state index in [1.54, 1.807) is 49.6 Å². The molecule has 4 rings (SSSR count). The largest absolute Gasteiger partial charge is 0.493 e. The molecular formula is C29H27ClN2O6. The van der Waals surface area contributed by atoms with Gasteiger partial charge in [0, 0.05) is 11.6 Å². The molecule has 1 unspecified atom stereocenters. The monoisotopic (exact) mass is 534 g/mol. The number of carbonyl (C=O) groups is 1. The third-order valence-electron chi connectivity index (χ3n) is 5.88. The average Bonchev–Trinajstić information content (AvgIpc) is 2.92. The molecule has 8 nitrogen and oxygen atoms in total. The van der Waals surface area contributed by atoms with E-state index < -0.39 is 11.9 Å². The summed E-state index contributed by atoms with van der Waals surface area (Å²) in [6, 6.07) is 19.4. The van der Waals surface area contributed by atoms with Gasteiger partial charge in [0.1, 0.15) is 28.9 Å². The number of hydrogen-bond acceptors (Lipinski definition) is 8. The number of carbonyl (C=O) groups excluding carboxylic acids is 1. The first-order valence-electron chi connectivity index (χ1n) is 12.0. The fourth-order valence-electron chi connectivity index (χ4n) is 4.01. The summed E-state index contributed by atoms with van der Waals surface area (Å²) >= 11 is 6.06. The van der Waals surface area contributed by atoms with E-state index in [0.717, 1.165) is 18.4 Å². The summed E-state index contributed by atoms with van der Waals surface area (Å²) in [6.07, 6.45) is 1.94. The summed E-state index contributed by atoms with van der Waals surface area (Å²) in [4.78, 5) is 12.4. The van der Waals surface area contributed by atoms with Crippen LogP contribution in [0.4, 0.5) is 0 Å². The Labute approximate surface area is 226 Å². The summed E-state index contributed by atoms with van der Waals surface area (Å²) in [7, 11) is 1.56. The van der Waals surface area contributed by atoms with Gasteiger partial charge in [-0.15, -0.1) is 0 Å². The van der Waals surface area contributed by atoms with Crippen LogP contribution in [0.25, 0.3) is 0 Å². The van der Waals surface area contributed by atoms with E-state index in [-0.39, 0.29) is 23.8 Å². The van der Waals surface area contributed by atoms with E-state index in [1.165, 1.54) is 0 Å². The Morgan fingerprint density at radius 2 is 1.89 bits per heavy atom. The van der Waals surface area contributed by atoms with Gasteiger partial charge < -0.3 is 29.4 Å². The van der Waals surface area contributed by atoms with Gasteiger partial charge in [-0.05, 0) is 42.3 Å². The highest BCUT2D eigenvalue weighted by atomic mass is 35.5. The molecule has 0 aromatic heterocycles. The molecule has 3 aromatic rings. The molecule has 9 heteroatoms. The number of nitrogens with two attached hydrogens (primary N) is 1. The van der Waals surface area contributed by atoms with Crippen LogP contribution in [0.2, 0.25) is 5.02 Å². The summed E-state index contributed by atoms with van der Waals surface area (Å²) in [5.74, 6) is 0.976.